The molecule has 3 rings (SSSR count). The summed E-state index contributed by atoms with van der Waals surface area (Å²) in [5.74, 6) is 1.65. The first kappa shape index (κ1) is 15.1. The van der Waals surface area contributed by atoms with Crippen molar-refractivity contribution >= 4 is 16.9 Å². The Bertz CT molecular complexity index is 616. The number of hydrogen-bond donors (Lipinski definition) is 2. The van der Waals surface area contributed by atoms with Gasteiger partial charge in [0.1, 0.15) is 11.3 Å². The van der Waals surface area contributed by atoms with Crippen LogP contribution in [0.3, 0.4) is 0 Å². The molecule has 0 spiro atoms. The Morgan fingerprint density at radius 3 is 3.05 bits per heavy atom. The molecular formula is C18H25N2O2+. The summed E-state index contributed by atoms with van der Waals surface area (Å²) in [4.78, 5) is 13.6. The molecule has 0 saturated carbocycles. The van der Waals surface area contributed by atoms with Crippen molar-refractivity contribution in [2.24, 2.45) is 5.92 Å². The normalized spacial score (nSPS) is 23.4. The summed E-state index contributed by atoms with van der Waals surface area (Å²) in [6.45, 7) is 7.02. The van der Waals surface area contributed by atoms with Crippen LogP contribution in [0.5, 0.6) is 0 Å². The monoisotopic (exact) mass is 301 g/mol. The smallest absolute Gasteiger partial charge is 0.275 e. The molecule has 1 aromatic heterocycles. The van der Waals surface area contributed by atoms with Crippen LogP contribution in [-0.4, -0.2) is 25.5 Å². The fourth-order valence-electron chi connectivity index (χ4n) is 3.36. The van der Waals surface area contributed by atoms with Gasteiger partial charge in [0.2, 0.25) is 0 Å². The summed E-state index contributed by atoms with van der Waals surface area (Å²) in [6.07, 6.45) is 2.52. The number of quaternary nitrogens is 1. The summed E-state index contributed by atoms with van der Waals surface area (Å²) in [6, 6.07) is 9.84. The highest BCUT2D eigenvalue weighted by molar-refractivity contribution is 5.79. The number of rotatable bonds is 4. The number of nitrogens with one attached hydrogen (secondary N) is 2. The number of furan rings is 1. The summed E-state index contributed by atoms with van der Waals surface area (Å²) >= 11 is 0. The second-order valence-corrected chi connectivity index (χ2v) is 6.60. The maximum atomic E-state index is 12.2. The molecule has 2 heterocycles. The van der Waals surface area contributed by atoms with Gasteiger partial charge in [0, 0.05) is 11.3 Å². The number of para-hydroxylation sites is 1. The predicted molar refractivity (Wildman–Crippen MR) is 86.7 cm³/mol. The zero-order valence-electron chi connectivity index (χ0n) is 13.4. The summed E-state index contributed by atoms with van der Waals surface area (Å²) in [5, 5.41) is 4.14. The van der Waals surface area contributed by atoms with E-state index in [1.807, 2.05) is 37.3 Å². The van der Waals surface area contributed by atoms with Gasteiger partial charge < -0.3 is 14.6 Å². The molecule has 1 aliphatic rings. The van der Waals surface area contributed by atoms with Gasteiger partial charge in [0.25, 0.3) is 5.91 Å². The molecule has 1 fully saturated rings. The number of benzene rings is 1. The predicted octanol–water partition coefficient (Wildman–Crippen LogP) is 1.92. The van der Waals surface area contributed by atoms with E-state index in [9.17, 15) is 4.79 Å². The molecule has 118 valence electrons. The van der Waals surface area contributed by atoms with Gasteiger partial charge in [-0.1, -0.05) is 25.1 Å². The lowest BCUT2D eigenvalue weighted by Crippen LogP contribution is -3.14. The van der Waals surface area contributed by atoms with E-state index in [0.29, 0.717) is 6.54 Å². The lowest BCUT2D eigenvalue weighted by atomic mass is 10.0. The maximum Gasteiger partial charge on any atom is 0.275 e. The van der Waals surface area contributed by atoms with E-state index in [-0.39, 0.29) is 11.9 Å². The topological polar surface area (TPSA) is 46.7 Å². The lowest BCUT2D eigenvalue weighted by molar-refractivity contribution is -0.900. The van der Waals surface area contributed by atoms with E-state index >= 15 is 0 Å². The molecule has 1 unspecified atom stereocenters. The van der Waals surface area contributed by atoms with E-state index in [4.69, 9.17) is 4.42 Å². The highest BCUT2D eigenvalue weighted by atomic mass is 16.3. The Morgan fingerprint density at radius 2 is 2.27 bits per heavy atom. The van der Waals surface area contributed by atoms with E-state index in [1.165, 1.54) is 17.7 Å². The van der Waals surface area contributed by atoms with Crippen LogP contribution < -0.4 is 10.2 Å². The van der Waals surface area contributed by atoms with Gasteiger partial charge in [-0.25, -0.2) is 0 Å². The van der Waals surface area contributed by atoms with Crippen molar-refractivity contribution in [3.05, 3.63) is 36.1 Å². The minimum atomic E-state index is -0.0958. The van der Waals surface area contributed by atoms with Gasteiger partial charge >= 0.3 is 0 Å². The van der Waals surface area contributed by atoms with Gasteiger partial charge in [0.15, 0.2) is 6.54 Å². The number of hydrogen-bond acceptors (Lipinski definition) is 2. The first-order chi connectivity index (χ1) is 10.6. The second kappa shape index (κ2) is 6.53. The second-order valence-electron chi connectivity index (χ2n) is 6.60. The Hall–Kier alpha value is -1.81. The van der Waals surface area contributed by atoms with Crippen LogP contribution in [0.2, 0.25) is 0 Å². The van der Waals surface area contributed by atoms with Gasteiger partial charge in [-0.05, 0) is 31.9 Å². The maximum absolute atomic E-state index is 12.2. The Labute approximate surface area is 131 Å². The summed E-state index contributed by atoms with van der Waals surface area (Å²) in [7, 11) is 0. The molecule has 22 heavy (non-hydrogen) atoms. The molecule has 1 aliphatic heterocycles. The molecule has 1 amide bonds. The number of carbonyl (C=O) groups excluding carboxylic acids is 1. The molecule has 0 aliphatic carbocycles. The van der Waals surface area contributed by atoms with Crippen LogP contribution in [-0.2, 0) is 4.79 Å². The fourth-order valence-corrected chi connectivity index (χ4v) is 3.36. The molecule has 0 radical (unpaired) electrons. The van der Waals surface area contributed by atoms with Crippen molar-refractivity contribution in [2.75, 3.05) is 19.6 Å². The SMILES string of the molecule is C[C@@H]1CCC[NH+](CC(=O)N[C@@H](C)c2cc3ccccc3o2)C1. The van der Waals surface area contributed by atoms with Gasteiger partial charge in [0.05, 0.1) is 19.1 Å². The third-order valence-corrected chi connectivity index (χ3v) is 4.52. The van der Waals surface area contributed by atoms with E-state index in [2.05, 4.69) is 12.2 Å². The van der Waals surface area contributed by atoms with Crippen LogP contribution in [0.1, 0.15) is 38.5 Å². The number of carbonyl (C=O) groups is 1. The molecule has 4 nitrogen and oxygen atoms in total. The summed E-state index contributed by atoms with van der Waals surface area (Å²) < 4.78 is 5.82. The standard InChI is InChI=1S/C18H24N2O2/c1-13-6-5-9-20(11-13)12-18(21)19-14(2)17-10-15-7-3-4-8-16(15)22-17/h3-4,7-8,10,13-14H,5-6,9,11-12H2,1-2H3,(H,19,21)/p+1/t13-,14+/m1/s1. The van der Waals surface area contributed by atoms with Crippen molar-refractivity contribution < 1.29 is 14.1 Å². The molecule has 4 heteroatoms. The van der Waals surface area contributed by atoms with Crippen molar-refractivity contribution in [2.45, 2.75) is 32.7 Å². The Morgan fingerprint density at radius 1 is 1.45 bits per heavy atom. The summed E-state index contributed by atoms with van der Waals surface area (Å²) in [5.41, 5.74) is 0.870. The molecule has 1 saturated heterocycles. The highest BCUT2D eigenvalue weighted by Crippen LogP contribution is 2.23. The van der Waals surface area contributed by atoms with Crippen LogP contribution in [0.25, 0.3) is 11.0 Å². The van der Waals surface area contributed by atoms with Crippen molar-refractivity contribution in [3.63, 3.8) is 0 Å². The molecule has 0 bridgehead atoms. The Kier molecular flexibility index (Phi) is 4.48. The number of amides is 1. The van der Waals surface area contributed by atoms with Crippen LogP contribution in [0.4, 0.5) is 0 Å². The van der Waals surface area contributed by atoms with Gasteiger partial charge in [-0.2, -0.15) is 0 Å². The van der Waals surface area contributed by atoms with Crippen LogP contribution in [0.15, 0.2) is 34.7 Å². The fraction of sp³-hybridized carbons (Fsp3) is 0.500. The van der Waals surface area contributed by atoms with E-state index in [0.717, 1.165) is 35.7 Å². The number of likely N-dealkylation sites (tertiary alicyclic amines) is 1. The third-order valence-electron chi connectivity index (χ3n) is 4.52. The average Bonchev–Trinajstić information content (AvgIpc) is 2.91. The van der Waals surface area contributed by atoms with Crippen LogP contribution in [0, 0.1) is 5.92 Å². The van der Waals surface area contributed by atoms with Gasteiger partial charge in [-0.3, -0.25) is 4.79 Å². The Balaban J connectivity index is 1.58. The number of piperidine rings is 1. The zero-order valence-corrected chi connectivity index (χ0v) is 13.4. The zero-order chi connectivity index (χ0) is 15.5. The van der Waals surface area contributed by atoms with E-state index in [1.54, 1.807) is 0 Å². The minimum absolute atomic E-state index is 0.0958. The van der Waals surface area contributed by atoms with Crippen LogP contribution >= 0.6 is 0 Å². The van der Waals surface area contributed by atoms with Crippen molar-refractivity contribution in [1.82, 2.24) is 5.32 Å². The lowest BCUT2D eigenvalue weighted by Gasteiger charge is -2.27. The average molecular weight is 301 g/mol. The highest BCUT2D eigenvalue weighted by Gasteiger charge is 2.23. The first-order valence-electron chi connectivity index (χ1n) is 8.23. The van der Waals surface area contributed by atoms with Gasteiger partial charge in [-0.15, -0.1) is 0 Å². The quantitative estimate of drug-likeness (QED) is 0.906. The third kappa shape index (κ3) is 3.50. The minimum Gasteiger partial charge on any atom is -0.459 e. The molecule has 1 aromatic carbocycles. The molecule has 3 atom stereocenters. The molecule has 2 N–H and O–H groups in total. The molecule has 2 aromatic rings. The van der Waals surface area contributed by atoms with Crippen molar-refractivity contribution in [3.8, 4) is 0 Å². The number of fused-ring (bicyclic) bond motifs is 1. The first-order valence-corrected chi connectivity index (χ1v) is 8.23. The molecular weight excluding hydrogens is 276 g/mol. The van der Waals surface area contributed by atoms with E-state index < -0.39 is 0 Å². The largest absolute Gasteiger partial charge is 0.459 e. The van der Waals surface area contributed by atoms with Crippen molar-refractivity contribution in [1.29, 1.82) is 0 Å².